The first kappa shape index (κ1) is 29.7. The number of halogens is 2. The second kappa shape index (κ2) is 19.8. The number of hydrogen-bond acceptors (Lipinski definition) is 8. The highest BCUT2D eigenvalue weighted by atomic mass is 127. The van der Waals surface area contributed by atoms with Crippen molar-refractivity contribution in [3.63, 3.8) is 0 Å². The largest absolute Gasteiger partial charge is 0.508 e. The molecule has 27 heavy (non-hydrogen) atoms. The standard InChI is InChI=1S/C6H10I2O3S2.C6H5NO3.2C2H6/c7-12-6-3-10-4(2-9)1-5(6)11-13-8;8-6-3-1-5(2-4-6)7(9)10;2*1-2/h4-6,9H,1-3H2;1-4,8H;2*1-2H3. The maximum absolute atomic E-state index is 10.0. The lowest BCUT2D eigenvalue weighted by atomic mass is 10.1. The first-order valence-electron chi connectivity index (χ1n) is 8.39. The van der Waals surface area contributed by atoms with Crippen LogP contribution in [0.15, 0.2) is 24.3 Å². The maximum Gasteiger partial charge on any atom is 0.269 e. The van der Waals surface area contributed by atoms with Gasteiger partial charge in [-0.15, -0.1) is 0 Å². The Morgan fingerprint density at radius 3 is 2.22 bits per heavy atom. The first-order chi connectivity index (χ1) is 13.0. The SMILES string of the molecule is CC.CC.O=[N+]([O-])c1ccc(O)cc1.OCC1CC(OSI)C(SI)CO1. The number of aliphatic hydroxyl groups is 1. The van der Waals surface area contributed by atoms with Crippen molar-refractivity contribution in [3.8, 4) is 5.75 Å². The minimum absolute atomic E-state index is 0.0159. The van der Waals surface area contributed by atoms with Gasteiger partial charge in [0.1, 0.15) is 5.75 Å². The molecule has 7 nitrogen and oxygen atoms in total. The number of benzene rings is 1. The molecule has 1 fully saturated rings. The van der Waals surface area contributed by atoms with Gasteiger partial charge in [0.15, 0.2) is 0 Å². The molecule has 0 radical (unpaired) electrons. The summed E-state index contributed by atoms with van der Waals surface area (Å²) in [5, 5.41) is 28.1. The third kappa shape index (κ3) is 13.3. The molecule has 1 aliphatic rings. The molecule has 0 amide bonds. The van der Waals surface area contributed by atoms with Gasteiger partial charge in [-0.1, -0.05) is 36.6 Å². The van der Waals surface area contributed by atoms with Crippen LogP contribution >= 0.6 is 60.6 Å². The lowest BCUT2D eigenvalue weighted by Gasteiger charge is -2.32. The van der Waals surface area contributed by atoms with Crippen molar-refractivity contribution in [1.29, 1.82) is 0 Å². The number of rotatable bonds is 5. The molecule has 2 rings (SSSR count). The van der Waals surface area contributed by atoms with Gasteiger partial charge in [-0.05, 0) is 33.3 Å². The molecular weight excluding hydrogens is 620 g/mol. The second-order valence-electron chi connectivity index (χ2n) is 4.47. The van der Waals surface area contributed by atoms with Crippen molar-refractivity contribution in [1.82, 2.24) is 0 Å². The smallest absolute Gasteiger partial charge is 0.269 e. The molecule has 2 N–H and O–H groups in total. The van der Waals surface area contributed by atoms with Crippen LogP contribution in [0, 0.1) is 10.1 Å². The Balaban J connectivity index is 0. The Labute approximate surface area is 193 Å². The molecule has 0 aromatic heterocycles. The van der Waals surface area contributed by atoms with Crippen molar-refractivity contribution in [2.75, 3.05) is 13.2 Å². The summed E-state index contributed by atoms with van der Waals surface area (Å²) in [4.78, 5) is 9.52. The highest BCUT2D eigenvalue weighted by Crippen LogP contribution is 2.34. The molecule has 1 aliphatic heterocycles. The molecule has 1 aromatic carbocycles. The van der Waals surface area contributed by atoms with Crippen LogP contribution in [-0.4, -0.2) is 45.8 Å². The van der Waals surface area contributed by atoms with Gasteiger partial charge in [-0.25, -0.2) is 0 Å². The van der Waals surface area contributed by atoms with Crippen molar-refractivity contribution in [2.45, 2.75) is 51.6 Å². The minimum Gasteiger partial charge on any atom is -0.508 e. The molecule has 0 aliphatic carbocycles. The van der Waals surface area contributed by atoms with E-state index in [0.717, 1.165) is 6.42 Å². The van der Waals surface area contributed by atoms with Crippen molar-refractivity contribution < 1.29 is 24.1 Å². The van der Waals surface area contributed by atoms with Crippen LogP contribution < -0.4 is 0 Å². The van der Waals surface area contributed by atoms with E-state index in [-0.39, 0.29) is 30.3 Å². The van der Waals surface area contributed by atoms with E-state index >= 15 is 0 Å². The van der Waals surface area contributed by atoms with Gasteiger partial charge in [-0.3, -0.25) is 10.1 Å². The van der Waals surface area contributed by atoms with Crippen LogP contribution in [0.25, 0.3) is 0 Å². The molecule has 11 heteroatoms. The van der Waals surface area contributed by atoms with Gasteiger partial charge in [0, 0.05) is 39.8 Å². The minimum atomic E-state index is -0.514. The van der Waals surface area contributed by atoms with Crippen LogP contribution in [0.3, 0.4) is 0 Å². The van der Waals surface area contributed by atoms with Gasteiger partial charge in [0.05, 0.1) is 44.8 Å². The fourth-order valence-electron chi connectivity index (χ4n) is 1.75. The molecule has 0 saturated carbocycles. The highest BCUT2D eigenvalue weighted by Gasteiger charge is 2.32. The Hall–Kier alpha value is 0.460. The predicted molar refractivity (Wildman–Crippen MR) is 131 cm³/mol. The van der Waals surface area contributed by atoms with E-state index in [1.807, 2.05) is 27.7 Å². The van der Waals surface area contributed by atoms with Gasteiger partial charge in [-0.2, -0.15) is 0 Å². The van der Waals surface area contributed by atoms with Crippen LogP contribution in [0.2, 0.25) is 0 Å². The Kier molecular flexibility index (Phi) is 21.7. The van der Waals surface area contributed by atoms with Crippen molar-refractivity contribution >= 4 is 66.2 Å². The molecule has 158 valence electrons. The van der Waals surface area contributed by atoms with Crippen LogP contribution in [-0.2, 0) is 8.92 Å². The summed E-state index contributed by atoms with van der Waals surface area (Å²) >= 11 is 4.38. The van der Waals surface area contributed by atoms with E-state index in [9.17, 15) is 10.1 Å². The van der Waals surface area contributed by atoms with E-state index in [1.54, 1.807) is 8.93 Å². The third-order valence-electron chi connectivity index (χ3n) is 2.94. The van der Waals surface area contributed by atoms with Gasteiger partial charge >= 0.3 is 0 Å². The monoisotopic (exact) mass is 647 g/mol. The van der Waals surface area contributed by atoms with Gasteiger partial charge in [0.2, 0.25) is 0 Å². The molecule has 0 spiro atoms. The summed E-state index contributed by atoms with van der Waals surface area (Å²) in [6, 6.07) is 5.04. The quantitative estimate of drug-likeness (QED) is 0.175. The Morgan fingerprint density at radius 1 is 1.26 bits per heavy atom. The third-order valence-corrected chi connectivity index (χ3v) is 6.52. The zero-order valence-corrected chi connectivity index (χ0v) is 21.7. The lowest BCUT2D eigenvalue weighted by molar-refractivity contribution is -0.384. The van der Waals surface area contributed by atoms with Crippen LogP contribution in [0.1, 0.15) is 34.1 Å². The lowest BCUT2D eigenvalue weighted by Crippen LogP contribution is -2.40. The van der Waals surface area contributed by atoms with Gasteiger partial charge in [0.25, 0.3) is 5.69 Å². The zero-order chi connectivity index (χ0) is 21.2. The number of nitrogens with zero attached hydrogens (tertiary/aromatic N) is 1. The molecule has 1 saturated heterocycles. The first-order valence-corrected chi connectivity index (χ1v) is 15.1. The molecule has 0 bridgehead atoms. The molecule has 3 atom stereocenters. The number of nitro groups is 1. The number of aromatic hydroxyl groups is 1. The highest BCUT2D eigenvalue weighted by molar-refractivity contribution is 14.2. The Morgan fingerprint density at radius 2 is 1.81 bits per heavy atom. The summed E-state index contributed by atoms with van der Waals surface area (Å²) in [6.07, 6.45) is 0.927. The van der Waals surface area contributed by atoms with E-state index in [0.29, 0.717) is 11.9 Å². The summed E-state index contributed by atoms with van der Waals surface area (Å²) in [7, 11) is 3.08. The topological polar surface area (TPSA) is 102 Å². The second-order valence-corrected chi connectivity index (χ2v) is 8.18. The molecule has 1 aromatic rings. The van der Waals surface area contributed by atoms with E-state index in [2.05, 4.69) is 42.4 Å². The number of hydrogen-bond donors (Lipinski definition) is 2. The van der Waals surface area contributed by atoms with Gasteiger partial charge < -0.3 is 19.1 Å². The van der Waals surface area contributed by atoms with Crippen molar-refractivity contribution in [3.05, 3.63) is 34.4 Å². The summed E-state index contributed by atoms with van der Waals surface area (Å²) in [5.74, 6) is 0.0330. The van der Waals surface area contributed by atoms with Crippen molar-refractivity contribution in [2.24, 2.45) is 0 Å². The van der Waals surface area contributed by atoms with E-state index in [4.69, 9.17) is 19.1 Å². The number of aliphatic hydroxyl groups excluding tert-OH is 1. The number of nitro benzene ring substituents is 1. The molecule has 3 unspecified atom stereocenters. The maximum atomic E-state index is 10.0. The molecule has 1 heterocycles. The number of non-ortho nitro benzene ring substituents is 1. The average Bonchev–Trinajstić information content (AvgIpc) is 2.72. The predicted octanol–water partition coefficient (Wildman–Crippen LogP) is 5.96. The van der Waals surface area contributed by atoms with E-state index < -0.39 is 4.92 Å². The van der Waals surface area contributed by atoms with Crippen LogP contribution in [0.4, 0.5) is 5.69 Å². The number of phenolic OH excluding ortho intramolecular Hbond substituents is 1. The van der Waals surface area contributed by atoms with Crippen LogP contribution in [0.5, 0.6) is 5.75 Å². The molecular formula is C16H27I2NO6S2. The fraction of sp³-hybridized carbons (Fsp3) is 0.625. The summed E-state index contributed by atoms with van der Waals surface area (Å²) < 4.78 is 10.9. The Bertz CT molecular complexity index is 484. The number of ether oxygens (including phenoxy) is 1. The normalized spacial score (nSPS) is 20.6. The zero-order valence-electron chi connectivity index (χ0n) is 15.7. The summed E-state index contributed by atoms with van der Waals surface area (Å²) in [5.41, 5.74) is -0.0159. The number of phenols is 1. The summed E-state index contributed by atoms with van der Waals surface area (Å²) in [6.45, 7) is 8.76. The fourth-order valence-corrected chi connectivity index (χ4v) is 4.76. The van der Waals surface area contributed by atoms with E-state index in [1.165, 1.54) is 33.5 Å². The average molecular weight is 647 g/mol.